The molecule has 4 heteroatoms. The van der Waals surface area contributed by atoms with Crippen LogP contribution in [0.3, 0.4) is 0 Å². The van der Waals surface area contributed by atoms with Crippen LogP contribution in [0.1, 0.15) is 33.6 Å². The number of nitrogens with one attached hydrogen (secondary N) is 1. The van der Waals surface area contributed by atoms with Crippen LogP contribution in [0.2, 0.25) is 0 Å². The highest BCUT2D eigenvalue weighted by Crippen LogP contribution is 2.23. The Morgan fingerprint density at radius 1 is 1.50 bits per heavy atom. The van der Waals surface area contributed by atoms with Gasteiger partial charge in [0.25, 0.3) is 0 Å². The zero-order valence-electron chi connectivity index (χ0n) is 12.4. The van der Waals surface area contributed by atoms with Gasteiger partial charge in [-0.3, -0.25) is 4.99 Å². The third-order valence-corrected chi connectivity index (χ3v) is 3.28. The predicted octanol–water partition coefficient (Wildman–Crippen LogP) is 1.97. The molecule has 1 aliphatic rings. The van der Waals surface area contributed by atoms with Gasteiger partial charge in [0.1, 0.15) is 0 Å². The molecule has 1 unspecified atom stereocenters. The highest BCUT2D eigenvalue weighted by Gasteiger charge is 2.25. The van der Waals surface area contributed by atoms with Crippen LogP contribution in [0.15, 0.2) is 4.99 Å². The van der Waals surface area contributed by atoms with Crippen LogP contribution >= 0.6 is 0 Å². The van der Waals surface area contributed by atoms with Crippen molar-refractivity contribution in [1.29, 1.82) is 0 Å². The Morgan fingerprint density at radius 2 is 2.28 bits per heavy atom. The van der Waals surface area contributed by atoms with Crippen LogP contribution in [-0.4, -0.2) is 50.8 Å². The van der Waals surface area contributed by atoms with E-state index in [1.807, 2.05) is 0 Å². The largest absolute Gasteiger partial charge is 0.383 e. The topological polar surface area (TPSA) is 36.9 Å². The molecule has 0 bridgehead atoms. The maximum absolute atomic E-state index is 5.05. The third-order valence-electron chi connectivity index (χ3n) is 3.28. The molecule has 0 radical (unpaired) electrons. The van der Waals surface area contributed by atoms with Crippen molar-refractivity contribution in [1.82, 2.24) is 10.2 Å². The summed E-state index contributed by atoms with van der Waals surface area (Å²) < 4.78 is 5.05. The molecule has 0 saturated carbocycles. The number of hydrogen-bond acceptors (Lipinski definition) is 2. The van der Waals surface area contributed by atoms with Crippen molar-refractivity contribution in [3.63, 3.8) is 0 Å². The van der Waals surface area contributed by atoms with Crippen molar-refractivity contribution in [3.8, 4) is 0 Å². The van der Waals surface area contributed by atoms with Crippen LogP contribution in [0.4, 0.5) is 0 Å². The molecular formula is C14H29N3O. The van der Waals surface area contributed by atoms with Crippen LogP contribution < -0.4 is 5.32 Å². The van der Waals surface area contributed by atoms with E-state index in [1.54, 1.807) is 7.11 Å². The smallest absolute Gasteiger partial charge is 0.194 e. The highest BCUT2D eigenvalue weighted by atomic mass is 16.5. The number of aliphatic imine (C=N–C) groups is 1. The van der Waals surface area contributed by atoms with Gasteiger partial charge in [0.2, 0.25) is 0 Å². The molecule has 1 fully saturated rings. The molecule has 18 heavy (non-hydrogen) atoms. The molecule has 0 aromatic heterocycles. The molecule has 0 aromatic carbocycles. The predicted molar refractivity (Wildman–Crippen MR) is 77.0 cm³/mol. The lowest BCUT2D eigenvalue weighted by Crippen LogP contribution is -2.40. The molecule has 0 amide bonds. The van der Waals surface area contributed by atoms with E-state index in [4.69, 9.17) is 4.74 Å². The van der Waals surface area contributed by atoms with Crippen LogP contribution in [0.5, 0.6) is 0 Å². The number of guanidine groups is 1. The number of hydrogen-bond donors (Lipinski definition) is 1. The Morgan fingerprint density at radius 3 is 2.89 bits per heavy atom. The summed E-state index contributed by atoms with van der Waals surface area (Å²) >= 11 is 0. The molecule has 1 atom stereocenters. The summed E-state index contributed by atoms with van der Waals surface area (Å²) in [4.78, 5) is 7.00. The van der Waals surface area contributed by atoms with Crippen LogP contribution in [0, 0.1) is 11.8 Å². The van der Waals surface area contributed by atoms with Gasteiger partial charge < -0.3 is 15.0 Å². The Labute approximate surface area is 112 Å². The first-order valence-corrected chi connectivity index (χ1v) is 7.19. The zero-order valence-corrected chi connectivity index (χ0v) is 12.4. The Balaban J connectivity index is 2.46. The molecule has 4 nitrogen and oxygen atoms in total. The second kappa shape index (κ2) is 8.35. The first-order chi connectivity index (χ1) is 8.67. The van der Waals surface area contributed by atoms with Crippen molar-refractivity contribution < 1.29 is 4.74 Å². The van der Waals surface area contributed by atoms with Gasteiger partial charge in [0, 0.05) is 26.7 Å². The summed E-state index contributed by atoms with van der Waals surface area (Å²) in [7, 11) is 1.72. The number of rotatable bonds is 6. The molecule has 1 N–H and O–H groups in total. The number of likely N-dealkylation sites (tertiary alicyclic amines) is 1. The van der Waals surface area contributed by atoms with Crippen molar-refractivity contribution in [3.05, 3.63) is 0 Å². The lowest BCUT2D eigenvalue weighted by Gasteiger charge is -2.22. The van der Waals surface area contributed by atoms with E-state index in [1.165, 1.54) is 12.8 Å². The summed E-state index contributed by atoms with van der Waals surface area (Å²) in [5.41, 5.74) is 0. The van der Waals surface area contributed by atoms with Crippen molar-refractivity contribution in [2.24, 2.45) is 16.8 Å². The summed E-state index contributed by atoms with van der Waals surface area (Å²) in [6.45, 7) is 11.4. The van der Waals surface area contributed by atoms with Gasteiger partial charge in [-0.2, -0.15) is 0 Å². The minimum absolute atomic E-state index is 0.693. The summed E-state index contributed by atoms with van der Waals surface area (Å²) in [6, 6.07) is 0. The summed E-state index contributed by atoms with van der Waals surface area (Å²) in [5.74, 6) is 2.68. The Hall–Kier alpha value is -0.770. The highest BCUT2D eigenvalue weighted by molar-refractivity contribution is 5.80. The number of nitrogens with zero attached hydrogens (tertiary/aromatic N) is 2. The van der Waals surface area contributed by atoms with Gasteiger partial charge in [0.05, 0.1) is 13.2 Å². The van der Waals surface area contributed by atoms with E-state index >= 15 is 0 Å². The van der Waals surface area contributed by atoms with E-state index in [2.05, 4.69) is 36.0 Å². The maximum atomic E-state index is 5.05. The molecule has 1 rings (SSSR count). The third kappa shape index (κ3) is 5.25. The molecule has 0 spiro atoms. The van der Waals surface area contributed by atoms with Crippen molar-refractivity contribution in [2.45, 2.75) is 33.6 Å². The van der Waals surface area contributed by atoms with Crippen LogP contribution in [-0.2, 0) is 4.74 Å². The fraction of sp³-hybridized carbons (Fsp3) is 0.929. The fourth-order valence-electron chi connectivity index (χ4n) is 2.55. The molecule has 1 aliphatic heterocycles. The molecule has 0 aromatic rings. The Kier molecular flexibility index (Phi) is 7.09. The van der Waals surface area contributed by atoms with Crippen molar-refractivity contribution in [2.75, 3.05) is 39.9 Å². The molecule has 1 heterocycles. The standard InChI is InChI=1S/C14H29N3O/c1-5-15-14(16-7-9-18-4)17-8-6-13(11-17)10-12(2)3/h12-13H,5-11H2,1-4H3,(H,15,16). The van der Waals surface area contributed by atoms with E-state index in [9.17, 15) is 0 Å². The average Bonchev–Trinajstić information content (AvgIpc) is 2.75. The van der Waals surface area contributed by atoms with E-state index in [-0.39, 0.29) is 0 Å². The normalized spacial score (nSPS) is 20.8. The zero-order chi connectivity index (χ0) is 13.4. The minimum atomic E-state index is 0.693. The van der Waals surface area contributed by atoms with Gasteiger partial charge in [-0.15, -0.1) is 0 Å². The van der Waals surface area contributed by atoms with Gasteiger partial charge in [-0.05, 0) is 31.6 Å². The first-order valence-electron chi connectivity index (χ1n) is 7.19. The van der Waals surface area contributed by atoms with Gasteiger partial charge in [0.15, 0.2) is 5.96 Å². The molecule has 106 valence electrons. The quantitative estimate of drug-likeness (QED) is 0.448. The van der Waals surface area contributed by atoms with Gasteiger partial charge in [-0.25, -0.2) is 0 Å². The summed E-state index contributed by atoms with van der Waals surface area (Å²) in [6.07, 6.45) is 2.63. The minimum Gasteiger partial charge on any atom is -0.383 e. The molecule has 0 aliphatic carbocycles. The lowest BCUT2D eigenvalue weighted by molar-refractivity contribution is 0.207. The van der Waals surface area contributed by atoms with Gasteiger partial charge >= 0.3 is 0 Å². The monoisotopic (exact) mass is 255 g/mol. The van der Waals surface area contributed by atoms with Crippen molar-refractivity contribution >= 4 is 5.96 Å². The first kappa shape index (κ1) is 15.3. The second-order valence-electron chi connectivity index (χ2n) is 5.46. The van der Waals surface area contributed by atoms with Crippen LogP contribution in [0.25, 0.3) is 0 Å². The fourth-order valence-corrected chi connectivity index (χ4v) is 2.55. The average molecular weight is 255 g/mol. The second-order valence-corrected chi connectivity index (χ2v) is 5.46. The molecule has 1 saturated heterocycles. The SMILES string of the molecule is CCNC(=NCCOC)N1CCC(CC(C)C)C1. The lowest BCUT2D eigenvalue weighted by atomic mass is 9.97. The van der Waals surface area contributed by atoms with E-state index < -0.39 is 0 Å². The van der Waals surface area contributed by atoms with E-state index in [0.717, 1.165) is 44.0 Å². The number of methoxy groups -OCH3 is 1. The van der Waals surface area contributed by atoms with E-state index in [0.29, 0.717) is 6.61 Å². The molecular weight excluding hydrogens is 226 g/mol. The Bertz CT molecular complexity index is 253. The number of ether oxygens (including phenoxy) is 1. The maximum Gasteiger partial charge on any atom is 0.194 e. The van der Waals surface area contributed by atoms with Gasteiger partial charge in [-0.1, -0.05) is 13.8 Å². The summed E-state index contributed by atoms with van der Waals surface area (Å²) in [5, 5.41) is 3.38.